The van der Waals surface area contributed by atoms with Crippen molar-refractivity contribution in [3.63, 3.8) is 0 Å². The van der Waals surface area contributed by atoms with Gasteiger partial charge in [-0.2, -0.15) is 0 Å². The summed E-state index contributed by atoms with van der Waals surface area (Å²) in [5, 5.41) is 11.7. The van der Waals surface area contributed by atoms with E-state index in [1.807, 2.05) is 30.3 Å². The van der Waals surface area contributed by atoms with Crippen molar-refractivity contribution in [3.8, 4) is 0 Å². The molecule has 1 amide bonds. The Labute approximate surface area is 112 Å². The summed E-state index contributed by atoms with van der Waals surface area (Å²) in [7, 11) is 0. The number of amides is 1. The summed E-state index contributed by atoms with van der Waals surface area (Å²) in [4.78, 5) is 23.1. The summed E-state index contributed by atoms with van der Waals surface area (Å²) >= 11 is 0. The molecule has 2 N–H and O–H groups in total. The lowest BCUT2D eigenvalue weighted by atomic mass is 10.0. The molecule has 3 atom stereocenters. The Morgan fingerprint density at radius 3 is 2.42 bits per heavy atom. The van der Waals surface area contributed by atoms with Crippen LogP contribution in [0.3, 0.4) is 0 Å². The molecule has 3 unspecified atom stereocenters. The van der Waals surface area contributed by atoms with E-state index in [1.54, 1.807) is 13.8 Å². The van der Waals surface area contributed by atoms with Gasteiger partial charge in [0.25, 0.3) is 0 Å². The van der Waals surface area contributed by atoms with Crippen LogP contribution in [-0.2, 0) is 9.59 Å². The minimum atomic E-state index is -0.972. The smallest absolute Gasteiger partial charge is 0.326 e. The topological polar surface area (TPSA) is 66.4 Å². The quantitative estimate of drug-likeness (QED) is 0.852. The highest BCUT2D eigenvalue weighted by atomic mass is 16.4. The number of carboxylic acids is 1. The third-order valence-corrected chi connectivity index (χ3v) is 3.59. The molecule has 1 aliphatic rings. The number of carbonyl (C=O) groups excluding carboxylic acids is 1. The van der Waals surface area contributed by atoms with E-state index in [0.29, 0.717) is 0 Å². The molecule has 1 aliphatic carbocycles. The van der Waals surface area contributed by atoms with Gasteiger partial charge in [0.2, 0.25) is 5.91 Å². The molecule has 1 aromatic rings. The maximum Gasteiger partial charge on any atom is 0.326 e. The Hall–Kier alpha value is -1.84. The van der Waals surface area contributed by atoms with Crippen LogP contribution in [0.5, 0.6) is 0 Å². The average Bonchev–Trinajstić information content (AvgIpc) is 3.16. The number of rotatable bonds is 5. The van der Waals surface area contributed by atoms with Gasteiger partial charge in [-0.1, -0.05) is 44.2 Å². The van der Waals surface area contributed by atoms with E-state index in [2.05, 4.69) is 5.32 Å². The van der Waals surface area contributed by atoms with Gasteiger partial charge in [0.05, 0.1) is 0 Å². The number of carbonyl (C=O) groups is 2. The van der Waals surface area contributed by atoms with E-state index in [4.69, 9.17) is 5.11 Å². The van der Waals surface area contributed by atoms with Gasteiger partial charge in [0, 0.05) is 5.92 Å². The summed E-state index contributed by atoms with van der Waals surface area (Å²) in [6, 6.07) is 9.07. The number of nitrogens with one attached hydrogen (secondary N) is 1. The highest BCUT2D eigenvalue weighted by Crippen LogP contribution is 2.47. The second-order valence-electron chi connectivity index (χ2n) is 5.43. The molecule has 1 aromatic carbocycles. The number of benzene rings is 1. The normalized spacial score (nSPS) is 22.9. The predicted octanol–water partition coefficient (Wildman–Crippen LogP) is 2.02. The highest BCUT2D eigenvalue weighted by Gasteiger charge is 2.44. The van der Waals surface area contributed by atoms with Crippen molar-refractivity contribution in [2.75, 3.05) is 0 Å². The average molecular weight is 261 g/mol. The van der Waals surface area contributed by atoms with Crippen molar-refractivity contribution in [2.45, 2.75) is 32.2 Å². The molecule has 102 valence electrons. The zero-order valence-corrected chi connectivity index (χ0v) is 11.2. The lowest BCUT2D eigenvalue weighted by molar-refractivity contribution is -0.143. The molecule has 4 heteroatoms. The van der Waals surface area contributed by atoms with E-state index in [0.717, 1.165) is 12.0 Å². The Morgan fingerprint density at radius 2 is 1.89 bits per heavy atom. The van der Waals surface area contributed by atoms with Crippen molar-refractivity contribution >= 4 is 11.9 Å². The largest absolute Gasteiger partial charge is 0.480 e. The lowest BCUT2D eigenvalue weighted by Gasteiger charge is -2.17. The van der Waals surface area contributed by atoms with Crippen LogP contribution in [0.15, 0.2) is 30.3 Å². The first-order valence-electron chi connectivity index (χ1n) is 6.59. The van der Waals surface area contributed by atoms with Crippen molar-refractivity contribution < 1.29 is 14.7 Å². The van der Waals surface area contributed by atoms with Crippen LogP contribution < -0.4 is 5.32 Å². The van der Waals surface area contributed by atoms with Crippen LogP contribution in [0, 0.1) is 11.8 Å². The van der Waals surface area contributed by atoms with Crippen molar-refractivity contribution in [3.05, 3.63) is 35.9 Å². The van der Waals surface area contributed by atoms with Gasteiger partial charge >= 0.3 is 5.97 Å². The Morgan fingerprint density at radius 1 is 1.26 bits per heavy atom. The lowest BCUT2D eigenvalue weighted by Crippen LogP contribution is -2.45. The van der Waals surface area contributed by atoms with Gasteiger partial charge in [0.15, 0.2) is 0 Å². The number of hydrogen-bond donors (Lipinski definition) is 2. The SMILES string of the molecule is CC(C)C(NC(=O)C1CC1c1ccccc1)C(=O)O. The first-order chi connectivity index (χ1) is 9.00. The summed E-state index contributed by atoms with van der Waals surface area (Å²) < 4.78 is 0. The third-order valence-electron chi connectivity index (χ3n) is 3.59. The molecule has 0 aliphatic heterocycles. The maximum atomic E-state index is 12.0. The highest BCUT2D eigenvalue weighted by molar-refractivity contribution is 5.87. The zero-order chi connectivity index (χ0) is 14.0. The van der Waals surface area contributed by atoms with E-state index < -0.39 is 12.0 Å². The van der Waals surface area contributed by atoms with Crippen LogP contribution in [0.4, 0.5) is 0 Å². The second kappa shape index (κ2) is 5.43. The number of aliphatic carboxylic acids is 1. The standard InChI is InChI=1S/C15H19NO3/c1-9(2)13(15(18)19)16-14(17)12-8-11(12)10-6-4-3-5-7-10/h3-7,9,11-13H,8H2,1-2H3,(H,16,17)(H,18,19). The van der Waals surface area contributed by atoms with Crippen molar-refractivity contribution in [1.29, 1.82) is 0 Å². The number of carboxylic acid groups (broad SMARTS) is 1. The van der Waals surface area contributed by atoms with Gasteiger partial charge in [0.1, 0.15) is 6.04 Å². The fourth-order valence-corrected chi connectivity index (χ4v) is 2.33. The second-order valence-corrected chi connectivity index (χ2v) is 5.43. The molecule has 1 saturated carbocycles. The van der Waals surface area contributed by atoms with Crippen LogP contribution >= 0.6 is 0 Å². The summed E-state index contributed by atoms with van der Waals surface area (Å²) in [5.41, 5.74) is 1.15. The summed E-state index contributed by atoms with van der Waals surface area (Å²) in [5.74, 6) is -1.07. The molecule has 0 spiro atoms. The Balaban J connectivity index is 1.94. The van der Waals surface area contributed by atoms with Gasteiger partial charge in [-0.25, -0.2) is 4.79 Å². The maximum absolute atomic E-state index is 12.0. The molecule has 19 heavy (non-hydrogen) atoms. The van der Waals surface area contributed by atoms with E-state index in [1.165, 1.54) is 0 Å². The molecular formula is C15H19NO3. The van der Waals surface area contributed by atoms with Gasteiger partial charge in [-0.3, -0.25) is 4.79 Å². The van der Waals surface area contributed by atoms with Crippen LogP contribution in [0.2, 0.25) is 0 Å². The minimum absolute atomic E-state index is 0.0806. The van der Waals surface area contributed by atoms with Gasteiger partial charge in [-0.15, -0.1) is 0 Å². The van der Waals surface area contributed by atoms with Crippen LogP contribution in [-0.4, -0.2) is 23.0 Å². The third kappa shape index (κ3) is 3.13. The van der Waals surface area contributed by atoms with E-state index >= 15 is 0 Å². The van der Waals surface area contributed by atoms with Crippen molar-refractivity contribution in [2.24, 2.45) is 11.8 Å². The van der Waals surface area contributed by atoms with Gasteiger partial charge < -0.3 is 10.4 Å². The molecule has 2 rings (SSSR count). The molecule has 0 heterocycles. The number of hydrogen-bond acceptors (Lipinski definition) is 2. The van der Waals surface area contributed by atoms with Crippen LogP contribution in [0.25, 0.3) is 0 Å². The molecule has 4 nitrogen and oxygen atoms in total. The van der Waals surface area contributed by atoms with Crippen molar-refractivity contribution in [1.82, 2.24) is 5.32 Å². The molecular weight excluding hydrogens is 242 g/mol. The molecule has 0 radical (unpaired) electrons. The molecule has 1 fully saturated rings. The summed E-state index contributed by atoms with van der Waals surface area (Å²) in [6.45, 7) is 3.58. The molecule has 0 saturated heterocycles. The van der Waals surface area contributed by atoms with Gasteiger partial charge in [-0.05, 0) is 23.8 Å². The zero-order valence-electron chi connectivity index (χ0n) is 11.2. The minimum Gasteiger partial charge on any atom is -0.480 e. The predicted molar refractivity (Wildman–Crippen MR) is 71.7 cm³/mol. The van der Waals surface area contributed by atoms with E-state index in [9.17, 15) is 9.59 Å². The molecule has 0 aromatic heterocycles. The van der Waals surface area contributed by atoms with Crippen LogP contribution in [0.1, 0.15) is 31.7 Å². The Kier molecular flexibility index (Phi) is 3.88. The fraction of sp³-hybridized carbons (Fsp3) is 0.467. The monoisotopic (exact) mass is 261 g/mol. The molecule has 0 bridgehead atoms. The first kappa shape index (κ1) is 13.6. The summed E-state index contributed by atoms with van der Waals surface area (Å²) in [6.07, 6.45) is 0.806. The first-order valence-corrected chi connectivity index (χ1v) is 6.59. The fourth-order valence-electron chi connectivity index (χ4n) is 2.33. The van der Waals surface area contributed by atoms with E-state index in [-0.39, 0.29) is 23.7 Å². The Bertz CT molecular complexity index is 470.